The number of halogens is 1. The van der Waals surface area contributed by atoms with E-state index in [1.165, 1.54) is 17.7 Å². The van der Waals surface area contributed by atoms with Crippen LogP contribution in [0.3, 0.4) is 0 Å². The van der Waals surface area contributed by atoms with Gasteiger partial charge in [-0.05, 0) is 29.8 Å². The minimum absolute atomic E-state index is 0.194. The zero-order valence-corrected chi connectivity index (χ0v) is 16.2. The van der Waals surface area contributed by atoms with Gasteiger partial charge in [-0.15, -0.1) is 0 Å². The van der Waals surface area contributed by atoms with Gasteiger partial charge in [0, 0.05) is 38.8 Å². The van der Waals surface area contributed by atoms with E-state index in [2.05, 4.69) is 22.2 Å². The van der Waals surface area contributed by atoms with Crippen LogP contribution in [0.15, 0.2) is 59.1 Å². The zero-order chi connectivity index (χ0) is 20.2. The normalized spacial score (nSPS) is 14.8. The van der Waals surface area contributed by atoms with Gasteiger partial charge in [0.2, 0.25) is 0 Å². The predicted octanol–water partition coefficient (Wildman–Crippen LogP) is 3.45. The highest BCUT2D eigenvalue weighted by molar-refractivity contribution is 5.93. The standard InChI is InChI=1S/C22H22FN3O3/c1-28-17-8-6-16(7-9-17)15-25-10-12-26(13-11-25)22(27)20-14-21(29-24-20)18-4-2-3-5-19(18)23/h2-9,14H,10-13,15H2,1H3. The molecule has 29 heavy (non-hydrogen) atoms. The van der Waals surface area contributed by atoms with E-state index < -0.39 is 5.82 Å². The van der Waals surface area contributed by atoms with Gasteiger partial charge in [0.25, 0.3) is 5.91 Å². The van der Waals surface area contributed by atoms with Crippen LogP contribution >= 0.6 is 0 Å². The summed E-state index contributed by atoms with van der Waals surface area (Å²) in [7, 11) is 1.65. The number of hydrogen-bond donors (Lipinski definition) is 0. The van der Waals surface area contributed by atoms with Crippen molar-refractivity contribution in [1.82, 2.24) is 15.0 Å². The van der Waals surface area contributed by atoms with Crippen molar-refractivity contribution in [2.75, 3.05) is 33.3 Å². The average molecular weight is 395 g/mol. The first-order chi connectivity index (χ1) is 14.1. The molecule has 0 radical (unpaired) electrons. The zero-order valence-electron chi connectivity index (χ0n) is 16.2. The second-order valence-corrected chi connectivity index (χ2v) is 6.97. The fourth-order valence-electron chi connectivity index (χ4n) is 3.42. The Morgan fingerprint density at radius 2 is 1.83 bits per heavy atom. The van der Waals surface area contributed by atoms with Crippen LogP contribution in [0.25, 0.3) is 11.3 Å². The molecule has 0 spiro atoms. The van der Waals surface area contributed by atoms with Crippen LogP contribution in [0.2, 0.25) is 0 Å². The van der Waals surface area contributed by atoms with E-state index in [9.17, 15) is 9.18 Å². The number of nitrogens with zero attached hydrogens (tertiary/aromatic N) is 3. The van der Waals surface area contributed by atoms with Crippen LogP contribution in [-0.2, 0) is 6.54 Å². The van der Waals surface area contributed by atoms with Crippen LogP contribution < -0.4 is 4.74 Å². The molecule has 1 saturated heterocycles. The summed E-state index contributed by atoms with van der Waals surface area (Å²) in [6, 6.07) is 15.8. The van der Waals surface area contributed by atoms with Gasteiger partial charge < -0.3 is 14.2 Å². The van der Waals surface area contributed by atoms with E-state index in [1.54, 1.807) is 30.2 Å². The predicted molar refractivity (Wildman–Crippen MR) is 106 cm³/mol. The highest BCUT2D eigenvalue weighted by Gasteiger charge is 2.25. The summed E-state index contributed by atoms with van der Waals surface area (Å²) in [5.41, 5.74) is 1.70. The van der Waals surface area contributed by atoms with Gasteiger partial charge in [0.1, 0.15) is 11.6 Å². The molecule has 0 saturated carbocycles. The highest BCUT2D eigenvalue weighted by Crippen LogP contribution is 2.24. The molecular weight excluding hydrogens is 373 g/mol. The first-order valence-corrected chi connectivity index (χ1v) is 9.50. The molecule has 2 aromatic carbocycles. The number of aromatic nitrogens is 1. The third kappa shape index (κ3) is 4.30. The third-order valence-electron chi connectivity index (χ3n) is 5.09. The molecule has 0 N–H and O–H groups in total. The SMILES string of the molecule is COc1ccc(CN2CCN(C(=O)c3cc(-c4ccccc4F)on3)CC2)cc1. The molecule has 0 unspecified atom stereocenters. The van der Waals surface area contributed by atoms with E-state index >= 15 is 0 Å². The quantitative estimate of drug-likeness (QED) is 0.662. The van der Waals surface area contributed by atoms with Gasteiger partial charge >= 0.3 is 0 Å². The van der Waals surface area contributed by atoms with Crippen LogP contribution in [0.1, 0.15) is 16.1 Å². The number of benzene rings is 2. The lowest BCUT2D eigenvalue weighted by molar-refractivity contribution is 0.0618. The number of amides is 1. The maximum absolute atomic E-state index is 13.9. The molecule has 1 fully saturated rings. The topological polar surface area (TPSA) is 58.8 Å². The first-order valence-electron chi connectivity index (χ1n) is 9.50. The Bertz CT molecular complexity index is 979. The molecule has 1 amide bonds. The Morgan fingerprint density at radius 3 is 2.52 bits per heavy atom. The van der Waals surface area contributed by atoms with Crippen molar-refractivity contribution >= 4 is 5.91 Å². The largest absolute Gasteiger partial charge is 0.497 e. The Balaban J connectivity index is 1.35. The molecule has 1 aromatic heterocycles. The van der Waals surface area contributed by atoms with Crippen molar-refractivity contribution in [3.05, 3.63) is 71.7 Å². The number of carbonyl (C=O) groups is 1. The van der Waals surface area contributed by atoms with Crippen molar-refractivity contribution in [2.45, 2.75) is 6.54 Å². The molecule has 1 aliphatic heterocycles. The van der Waals surface area contributed by atoms with Crippen LogP contribution in [-0.4, -0.2) is 54.2 Å². The van der Waals surface area contributed by atoms with Crippen molar-refractivity contribution < 1.29 is 18.4 Å². The van der Waals surface area contributed by atoms with Gasteiger partial charge in [0.05, 0.1) is 12.7 Å². The molecule has 2 heterocycles. The second-order valence-electron chi connectivity index (χ2n) is 6.97. The number of rotatable bonds is 5. The number of carbonyl (C=O) groups excluding carboxylic acids is 1. The smallest absolute Gasteiger partial charge is 0.276 e. The van der Waals surface area contributed by atoms with E-state index in [4.69, 9.17) is 9.26 Å². The highest BCUT2D eigenvalue weighted by atomic mass is 19.1. The van der Waals surface area contributed by atoms with Crippen molar-refractivity contribution in [2.24, 2.45) is 0 Å². The van der Waals surface area contributed by atoms with Crippen LogP contribution in [0.4, 0.5) is 4.39 Å². The van der Waals surface area contributed by atoms with E-state index in [0.717, 1.165) is 25.4 Å². The molecule has 0 aliphatic carbocycles. The molecule has 3 aromatic rings. The first kappa shape index (κ1) is 19.1. The van der Waals surface area contributed by atoms with E-state index in [1.807, 2.05) is 12.1 Å². The lowest BCUT2D eigenvalue weighted by Gasteiger charge is -2.34. The summed E-state index contributed by atoms with van der Waals surface area (Å²) in [6.07, 6.45) is 0. The summed E-state index contributed by atoms with van der Waals surface area (Å²) in [4.78, 5) is 16.8. The maximum atomic E-state index is 13.9. The van der Waals surface area contributed by atoms with Crippen LogP contribution in [0, 0.1) is 5.82 Å². The Morgan fingerprint density at radius 1 is 1.10 bits per heavy atom. The monoisotopic (exact) mass is 395 g/mol. The molecule has 0 atom stereocenters. The molecule has 0 bridgehead atoms. The number of ether oxygens (including phenoxy) is 1. The minimum Gasteiger partial charge on any atom is -0.497 e. The molecule has 150 valence electrons. The minimum atomic E-state index is -0.408. The summed E-state index contributed by atoms with van der Waals surface area (Å²) in [6.45, 7) is 3.59. The van der Waals surface area contributed by atoms with Gasteiger partial charge in [-0.1, -0.05) is 29.4 Å². The van der Waals surface area contributed by atoms with Gasteiger partial charge in [-0.25, -0.2) is 4.39 Å². The van der Waals surface area contributed by atoms with E-state index in [-0.39, 0.29) is 17.4 Å². The Kier molecular flexibility index (Phi) is 5.57. The summed E-state index contributed by atoms with van der Waals surface area (Å²) in [5.74, 6) is 0.492. The fraction of sp³-hybridized carbons (Fsp3) is 0.273. The van der Waals surface area contributed by atoms with Crippen molar-refractivity contribution in [3.8, 4) is 17.1 Å². The molecule has 1 aliphatic rings. The number of methoxy groups -OCH3 is 1. The average Bonchev–Trinajstić information content (AvgIpc) is 3.25. The third-order valence-corrected chi connectivity index (χ3v) is 5.09. The summed E-state index contributed by atoms with van der Waals surface area (Å²) < 4.78 is 24.3. The maximum Gasteiger partial charge on any atom is 0.276 e. The van der Waals surface area contributed by atoms with Gasteiger partial charge in [-0.2, -0.15) is 0 Å². The Labute approximate surface area is 168 Å². The second kappa shape index (κ2) is 8.45. The van der Waals surface area contributed by atoms with Crippen molar-refractivity contribution in [3.63, 3.8) is 0 Å². The number of hydrogen-bond acceptors (Lipinski definition) is 5. The summed E-state index contributed by atoms with van der Waals surface area (Å²) >= 11 is 0. The molecule has 4 rings (SSSR count). The van der Waals surface area contributed by atoms with Gasteiger partial charge in [0.15, 0.2) is 11.5 Å². The lowest BCUT2D eigenvalue weighted by Crippen LogP contribution is -2.48. The molecule has 6 nitrogen and oxygen atoms in total. The van der Waals surface area contributed by atoms with Gasteiger partial charge in [-0.3, -0.25) is 9.69 Å². The summed E-state index contributed by atoms with van der Waals surface area (Å²) in [5, 5.41) is 3.85. The molecule has 7 heteroatoms. The lowest BCUT2D eigenvalue weighted by atomic mass is 10.1. The van der Waals surface area contributed by atoms with Crippen LogP contribution in [0.5, 0.6) is 5.75 Å². The van der Waals surface area contributed by atoms with E-state index in [0.29, 0.717) is 18.7 Å². The fourth-order valence-corrected chi connectivity index (χ4v) is 3.42. The van der Waals surface area contributed by atoms with Crippen molar-refractivity contribution in [1.29, 1.82) is 0 Å². The number of piperazine rings is 1. The Hall–Kier alpha value is -3.19. The molecular formula is C22H22FN3O3.